The molecule has 1 N–H and O–H groups in total. The number of anilines is 1. The van der Waals surface area contributed by atoms with Crippen LogP contribution >= 0.6 is 0 Å². The first-order valence-corrected chi connectivity index (χ1v) is 5.60. The molecule has 0 aliphatic carbocycles. The maximum absolute atomic E-state index is 11.1. The summed E-state index contributed by atoms with van der Waals surface area (Å²) in [5, 5.41) is 18.1. The lowest BCUT2D eigenvalue weighted by atomic mass is 9.99. The van der Waals surface area contributed by atoms with Gasteiger partial charge in [-0.15, -0.1) is 0 Å². The highest BCUT2D eigenvalue weighted by Gasteiger charge is 2.35. The lowest BCUT2D eigenvalue weighted by Gasteiger charge is -2.19. The van der Waals surface area contributed by atoms with Gasteiger partial charge in [0.05, 0.1) is 17.2 Å². The van der Waals surface area contributed by atoms with Crippen LogP contribution in [0.15, 0.2) is 24.3 Å². The number of hydrogen-bond donors (Lipinski definition) is 1. The van der Waals surface area contributed by atoms with Crippen molar-refractivity contribution in [2.75, 3.05) is 18.0 Å². The molecule has 1 heterocycles. The first-order valence-electron chi connectivity index (χ1n) is 5.60. The average Bonchev–Trinajstić information content (AvgIpc) is 2.71. The molecule has 1 aromatic rings. The molecule has 1 aliphatic rings. The Balaban J connectivity index is 2.26. The number of carboxylic acid groups (broad SMARTS) is 1. The van der Waals surface area contributed by atoms with E-state index >= 15 is 0 Å². The Kier molecular flexibility index (Phi) is 3.01. The summed E-state index contributed by atoms with van der Waals surface area (Å²) >= 11 is 0. The minimum absolute atomic E-state index is 0.110. The van der Waals surface area contributed by atoms with E-state index in [1.807, 2.05) is 30.0 Å². The molecular formula is C13H14N2O2. The molecular weight excluding hydrogens is 216 g/mol. The van der Waals surface area contributed by atoms with Crippen molar-refractivity contribution in [3.63, 3.8) is 0 Å². The molecule has 0 saturated carbocycles. The molecule has 4 nitrogen and oxygen atoms in total. The van der Waals surface area contributed by atoms with Gasteiger partial charge in [0, 0.05) is 13.1 Å². The van der Waals surface area contributed by atoms with Gasteiger partial charge in [-0.2, -0.15) is 5.26 Å². The molecule has 2 rings (SSSR count). The van der Waals surface area contributed by atoms with Crippen LogP contribution in [-0.4, -0.2) is 24.2 Å². The monoisotopic (exact) mass is 230 g/mol. The fraction of sp³-hybridized carbons (Fsp3) is 0.385. The number of carboxylic acids is 1. The summed E-state index contributed by atoms with van der Waals surface area (Å²) in [6.07, 6.45) is 0. The highest BCUT2D eigenvalue weighted by molar-refractivity contribution is 5.73. The maximum atomic E-state index is 11.1. The van der Waals surface area contributed by atoms with Gasteiger partial charge in [-0.25, -0.2) is 0 Å². The lowest BCUT2D eigenvalue weighted by Crippen LogP contribution is -2.23. The van der Waals surface area contributed by atoms with E-state index in [0.29, 0.717) is 18.7 Å². The summed E-state index contributed by atoms with van der Waals surface area (Å²) < 4.78 is 0. The molecule has 2 atom stereocenters. The number of aliphatic carboxylic acids is 1. The van der Waals surface area contributed by atoms with Gasteiger partial charge in [-0.1, -0.05) is 19.1 Å². The van der Waals surface area contributed by atoms with E-state index < -0.39 is 5.97 Å². The molecule has 1 fully saturated rings. The Bertz CT molecular complexity index is 479. The van der Waals surface area contributed by atoms with Crippen molar-refractivity contribution in [1.82, 2.24) is 0 Å². The number of rotatable bonds is 2. The standard InChI is InChI=1S/C13H14N2O2/c1-9-7-15(8-11(9)13(16)17)12-5-3-2-4-10(12)6-14/h2-5,9,11H,7-8H2,1H3,(H,16,17)/t9-,11-/m1/s1. The number of nitrogens with zero attached hydrogens (tertiary/aromatic N) is 2. The zero-order valence-corrected chi connectivity index (χ0v) is 9.63. The van der Waals surface area contributed by atoms with Gasteiger partial charge in [-0.05, 0) is 18.1 Å². The van der Waals surface area contributed by atoms with Crippen molar-refractivity contribution in [2.24, 2.45) is 11.8 Å². The molecule has 0 unspecified atom stereocenters. The molecule has 17 heavy (non-hydrogen) atoms. The summed E-state index contributed by atoms with van der Waals surface area (Å²) in [5.41, 5.74) is 1.44. The molecule has 88 valence electrons. The van der Waals surface area contributed by atoms with Crippen molar-refractivity contribution in [3.05, 3.63) is 29.8 Å². The van der Waals surface area contributed by atoms with Gasteiger partial charge >= 0.3 is 5.97 Å². The smallest absolute Gasteiger partial charge is 0.308 e. The molecule has 0 spiro atoms. The van der Waals surface area contributed by atoms with Crippen LogP contribution in [0.3, 0.4) is 0 Å². The minimum Gasteiger partial charge on any atom is -0.481 e. The molecule has 0 aromatic heterocycles. The fourth-order valence-electron chi connectivity index (χ4n) is 2.33. The second kappa shape index (κ2) is 4.46. The number of nitriles is 1. The summed E-state index contributed by atoms with van der Waals surface area (Å²) in [6.45, 7) is 3.11. The Labute approximate surface area is 100 Å². The summed E-state index contributed by atoms with van der Waals surface area (Å²) in [4.78, 5) is 13.0. The number of benzene rings is 1. The van der Waals surface area contributed by atoms with Gasteiger partial charge in [0.15, 0.2) is 0 Å². The topological polar surface area (TPSA) is 64.3 Å². The predicted octanol–water partition coefficient (Wildman–Crippen LogP) is 1.72. The molecule has 0 amide bonds. The van der Waals surface area contributed by atoms with E-state index in [1.165, 1.54) is 0 Å². The molecule has 4 heteroatoms. The Hall–Kier alpha value is -2.02. The Morgan fingerprint density at radius 1 is 1.47 bits per heavy atom. The summed E-state index contributed by atoms with van der Waals surface area (Å²) in [5.74, 6) is -0.990. The first-order chi connectivity index (χ1) is 8.13. The van der Waals surface area contributed by atoms with Gasteiger partial charge < -0.3 is 10.0 Å². The first kappa shape index (κ1) is 11.5. The van der Waals surface area contributed by atoms with Crippen LogP contribution in [0.5, 0.6) is 0 Å². The number of hydrogen-bond acceptors (Lipinski definition) is 3. The molecule has 0 bridgehead atoms. The van der Waals surface area contributed by atoms with E-state index in [0.717, 1.165) is 5.69 Å². The molecule has 1 aliphatic heterocycles. The van der Waals surface area contributed by atoms with E-state index in [2.05, 4.69) is 6.07 Å². The van der Waals surface area contributed by atoms with Crippen molar-refractivity contribution in [2.45, 2.75) is 6.92 Å². The average molecular weight is 230 g/mol. The predicted molar refractivity (Wildman–Crippen MR) is 63.7 cm³/mol. The fourth-order valence-corrected chi connectivity index (χ4v) is 2.33. The summed E-state index contributed by atoms with van der Waals surface area (Å²) in [7, 11) is 0. The van der Waals surface area contributed by atoms with E-state index in [4.69, 9.17) is 10.4 Å². The largest absolute Gasteiger partial charge is 0.481 e. The van der Waals surface area contributed by atoms with Crippen LogP contribution in [0, 0.1) is 23.2 Å². The van der Waals surface area contributed by atoms with Crippen LogP contribution in [0.25, 0.3) is 0 Å². The van der Waals surface area contributed by atoms with Crippen molar-refractivity contribution < 1.29 is 9.90 Å². The maximum Gasteiger partial charge on any atom is 0.308 e. The van der Waals surface area contributed by atoms with Crippen LogP contribution in [-0.2, 0) is 4.79 Å². The minimum atomic E-state index is -0.755. The third kappa shape index (κ3) is 2.09. The van der Waals surface area contributed by atoms with Crippen LogP contribution in [0.2, 0.25) is 0 Å². The zero-order valence-electron chi connectivity index (χ0n) is 9.63. The second-order valence-corrected chi connectivity index (χ2v) is 4.46. The summed E-state index contributed by atoms with van der Waals surface area (Å²) in [6, 6.07) is 9.46. The molecule has 1 saturated heterocycles. The normalized spacial score (nSPS) is 23.4. The van der Waals surface area contributed by atoms with Crippen molar-refractivity contribution >= 4 is 11.7 Å². The van der Waals surface area contributed by atoms with E-state index in [9.17, 15) is 4.79 Å². The van der Waals surface area contributed by atoms with E-state index in [1.54, 1.807) is 6.07 Å². The second-order valence-electron chi connectivity index (χ2n) is 4.46. The van der Waals surface area contributed by atoms with Crippen LogP contribution in [0.1, 0.15) is 12.5 Å². The lowest BCUT2D eigenvalue weighted by molar-refractivity contribution is -0.142. The van der Waals surface area contributed by atoms with Crippen LogP contribution in [0.4, 0.5) is 5.69 Å². The van der Waals surface area contributed by atoms with Gasteiger partial charge in [0.25, 0.3) is 0 Å². The highest BCUT2D eigenvalue weighted by atomic mass is 16.4. The zero-order chi connectivity index (χ0) is 12.4. The molecule has 1 aromatic carbocycles. The van der Waals surface area contributed by atoms with E-state index in [-0.39, 0.29) is 11.8 Å². The molecule has 0 radical (unpaired) electrons. The van der Waals surface area contributed by atoms with Crippen molar-refractivity contribution in [1.29, 1.82) is 5.26 Å². The highest BCUT2D eigenvalue weighted by Crippen LogP contribution is 2.30. The SMILES string of the molecule is C[C@@H]1CN(c2ccccc2C#N)C[C@H]1C(=O)O. The Morgan fingerprint density at radius 2 is 2.18 bits per heavy atom. The third-order valence-corrected chi connectivity index (χ3v) is 3.29. The van der Waals surface area contributed by atoms with Gasteiger partial charge in [-0.3, -0.25) is 4.79 Å². The number of carbonyl (C=O) groups is 1. The van der Waals surface area contributed by atoms with Crippen molar-refractivity contribution in [3.8, 4) is 6.07 Å². The number of para-hydroxylation sites is 1. The Morgan fingerprint density at radius 3 is 2.76 bits per heavy atom. The van der Waals surface area contributed by atoms with Gasteiger partial charge in [0.1, 0.15) is 6.07 Å². The van der Waals surface area contributed by atoms with Gasteiger partial charge in [0.2, 0.25) is 0 Å². The quantitative estimate of drug-likeness (QED) is 0.840. The third-order valence-electron chi connectivity index (χ3n) is 3.29. The van der Waals surface area contributed by atoms with Crippen LogP contribution < -0.4 is 4.90 Å².